The molecule has 0 saturated carbocycles. The second kappa shape index (κ2) is 6.87. The molecule has 0 unspecified atom stereocenters. The number of nitrogens with zero attached hydrogens (tertiary/aromatic N) is 7. The van der Waals surface area contributed by atoms with E-state index in [1.165, 1.54) is 0 Å². The first-order chi connectivity index (χ1) is 12.6. The summed E-state index contributed by atoms with van der Waals surface area (Å²) in [6, 6.07) is 1.97. The Labute approximate surface area is 152 Å². The summed E-state index contributed by atoms with van der Waals surface area (Å²) in [5, 5.41) is 7.98. The SMILES string of the molecule is CN1CCCN(c2nc(-c3ccnc4[nH]ncc34)cnc2N(C)C)CC1. The largest absolute Gasteiger partial charge is 0.360 e. The van der Waals surface area contributed by atoms with E-state index in [-0.39, 0.29) is 0 Å². The minimum atomic E-state index is 0.763. The first kappa shape index (κ1) is 16.7. The molecule has 1 aliphatic heterocycles. The van der Waals surface area contributed by atoms with Gasteiger partial charge in [-0.05, 0) is 26.1 Å². The summed E-state index contributed by atoms with van der Waals surface area (Å²) >= 11 is 0. The fourth-order valence-corrected chi connectivity index (χ4v) is 3.36. The third-order valence-corrected chi connectivity index (χ3v) is 4.81. The Morgan fingerprint density at radius 3 is 2.81 bits per heavy atom. The molecule has 1 N–H and O–H groups in total. The van der Waals surface area contributed by atoms with Gasteiger partial charge in [-0.15, -0.1) is 0 Å². The molecule has 0 aliphatic carbocycles. The van der Waals surface area contributed by atoms with Gasteiger partial charge in [-0.2, -0.15) is 5.10 Å². The van der Waals surface area contributed by atoms with Gasteiger partial charge >= 0.3 is 0 Å². The second-order valence-electron chi connectivity index (χ2n) is 6.93. The predicted molar refractivity (Wildman–Crippen MR) is 104 cm³/mol. The molecule has 136 valence electrons. The number of nitrogens with one attached hydrogen (secondary N) is 1. The maximum absolute atomic E-state index is 5.02. The van der Waals surface area contributed by atoms with Crippen molar-refractivity contribution >= 4 is 22.7 Å². The summed E-state index contributed by atoms with van der Waals surface area (Å²) in [5.74, 6) is 1.84. The van der Waals surface area contributed by atoms with Crippen LogP contribution in [0.1, 0.15) is 6.42 Å². The van der Waals surface area contributed by atoms with Crippen molar-refractivity contribution in [3.05, 3.63) is 24.7 Å². The number of hydrogen-bond donors (Lipinski definition) is 1. The zero-order valence-electron chi connectivity index (χ0n) is 15.5. The molecule has 3 aromatic heterocycles. The van der Waals surface area contributed by atoms with Crippen LogP contribution in [0.4, 0.5) is 11.6 Å². The van der Waals surface area contributed by atoms with E-state index in [1.807, 2.05) is 31.3 Å². The van der Waals surface area contributed by atoms with Gasteiger partial charge in [0.15, 0.2) is 17.3 Å². The summed E-state index contributed by atoms with van der Waals surface area (Å²) in [6.45, 7) is 4.08. The van der Waals surface area contributed by atoms with Crippen molar-refractivity contribution in [3.8, 4) is 11.3 Å². The molecule has 1 fully saturated rings. The Kier molecular flexibility index (Phi) is 4.42. The summed E-state index contributed by atoms with van der Waals surface area (Å²) in [7, 11) is 6.20. The van der Waals surface area contributed by atoms with Gasteiger partial charge in [0, 0.05) is 50.9 Å². The monoisotopic (exact) mass is 352 g/mol. The highest BCUT2D eigenvalue weighted by Gasteiger charge is 2.20. The quantitative estimate of drug-likeness (QED) is 0.767. The van der Waals surface area contributed by atoms with Gasteiger partial charge in [0.05, 0.1) is 18.1 Å². The van der Waals surface area contributed by atoms with Gasteiger partial charge in [-0.1, -0.05) is 0 Å². The molecule has 0 bridgehead atoms. The Morgan fingerprint density at radius 2 is 1.96 bits per heavy atom. The van der Waals surface area contributed by atoms with Crippen molar-refractivity contribution in [1.29, 1.82) is 0 Å². The van der Waals surface area contributed by atoms with Crippen LogP contribution in [0.15, 0.2) is 24.7 Å². The van der Waals surface area contributed by atoms with E-state index in [2.05, 4.69) is 32.0 Å². The summed E-state index contributed by atoms with van der Waals surface area (Å²) < 4.78 is 0. The number of aromatic amines is 1. The Morgan fingerprint density at radius 1 is 1.08 bits per heavy atom. The van der Waals surface area contributed by atoms with Gasteiger partial charge < -0.3 is 14.7 Å². The van der Waals surface area contributed by atoms with E-state index in [1.54, 1.807) is 12.4 Å². The molecular formula is C18H24N8. The minimum Gasteiger partial charge on any atom is -0.360 e. The van der Waals surface area contributed by atoms with Crippen LogP contribution in [0.3, 0.4) is 0 Å². The molecule has 3 aromatic rings. The average molecular weight is 352 g/mol. The van der Waals surface area contributed by atoms with Crippen molar-refractivity contribution in [1.82, 2.24) is 30.0 Å². The number of aromatic nitrogens is 5. The first-order valence-corrected chi connectivity index (χ1v) is 8.90. The van der Waals surface area contributed by atoms with Crippen molar-refractivity contribution in [2.24, 2.45) is 0 Å². The second-order valence-corrected chi connectivity index (χ2v) is 6.93. The molecule has 0 aromatic carbocycles. The molecule has 1 saturated heterocycles. The number of pyridine rings is 1. The van der Waals surface area contributed by atoms with E-state index in [0.717, 1.165) is 66.5 Å². The van der Waals surface area contributed by atoms with Crippen LogP contribution in [-0.2, 0) is 0 Å². The van der Waals surface area contributed by atoms with Crippen LogP contribution < -0.4 is 9.80 Å². The molecule has 4 heterocycles. The van der Waals surface area contributed by atoms with Gasteiger partial charge in [0.1, 0.15) is 0 Å². The van der Waals surface area contributed by atoms with Crippen molar-refractivity contribution in [2.45, 2.75) is 6.42 Å². The number of H-pyrrole nitrogens is 1. The lowest BCUT2D eigenvalue weighted by molar-refractivity contribution is 0.360. The van der Waals surface area contributed by atoms with E-state index in [0.29, 0.717) is 0 Å². The third kappa shape index (κ3) is 3.08. The maximum atomic E-state index is 5.02. The number of fused-ring (bicyclic) bond motifs is 1. The lowest BCUT2D eigenvalue weighted by Crippen LogP contribution is -2.31. The highest BCUT2D eigenvalue weighted by Crippen LogP contribution is 2.30. The molecule has 4 rings (SSSR count). The number of hydrogen-bond acceptors (Lipinski definition) is 7. The molecule has 0 amide bonds. The standard InChI is InChI=1S/C18H24N8/c1-24(2)17-18(26-8-4-7-25(3)9-10-26)22-15(12-20-17)13-5-6-19-16-14(13)11-21-23-16/h5-6,11-12H,4,7-10H2,1-3H3,(H,19,21,23). The van der Waals surface area contributed by atoms with E-state index in [4.69, 9.17) is 9.97 Å². The fraction of sp³-hybridized carbons (Fsp3) is 0.444. The van der Waals surface area contributed by atoms with Crippen LogP contribution in [0.25, 0.3) is 22.3 Å². The molecule has 1 aliphatic rings. The molecule has 0 spiro atoms. The number of rotatable bonds is 3. The molecule has 0 atom stereocenters. The van der Waals surface area contributed by atoms with E-state index >= 15 is 0 Å². The number of likely N-dealkylation sites (N-methyl/N-ethyl adjacent to an activating group) is 1. The van der Waals surface area contributed by atoms with Crippen molar-refractivity contribution in [2.75, 3.05) is 57.1 Å². The molecule has 8 nitrogen and oxygen atoms in total. The predicted octanol–water partition coefficient (Wildman–Crippen LogP) is 1.62. The van der Waals surface area contributed by atoms with Crippen LogP contribution in [-0.4, -0.2) is 77.4 Å². The zero-order chi connectivity index (χ0) is 18.1. The van der Waals surface area contributed by atoms with Crippen molar-refractivity contribution in [3.63, 3.8) is 0 Å². The molecule has 0 radical (unpaired) electrons. The third-order valence-electron chi connectivity index (χ3n) is 4.81. The highest BCUT2D eigenvalue weighted by molar-refractivity contribution is 5.91. The van der Waals surface area contributed by atoms with Gasteiger partial charge in [0.2, 0.25) is 0 Å². The topological polar surface area (TPSA) is 77.1 Å². The molecule has 8 heteroatoms. The van der Waals surface area contributed by atoms with Crippen LogP contribution >= 0.6 is 0 Å². The minimum absolute atomic E-state index is 0.763. The average Bonchev–Trinajstić information content (AvgIpc) is 3.02. The van der Waals surface area contributed by atoms with E-state index < -0.39 is 0 Å². The summed E-state index contributed by atoms with van der Waals surface area (Å²) in [6.07, 6.45) is 6.53. The van der Waals surface area contributed by atoms with Crippen molar-refractivity contribution < 1.29 is 0 Å². The fourth-order valence-electron chi connectivity index (χ4n) is 3.36. The van der Waals surface area contributed by atoms with Crippen LogP contribution in [0.5, 0.6) is 0 Å². The van der Waals surface area contributed by atoms with Gasteiger partial charge in [0.25, 0.3) is 0 Å². The maximum Gasteiger partial charge on any atom is 0.172 e. The number of anilines is 2. The van der Waals surface area contributed by atoms with Gasteiger partial charge in [-0.3, -0.25) is 5.10 Å². The van der Waals surface area contributed by atoms with Gasteiger partial charge in [-0.25, -0.2) is 15.0 Å². The Balaban J connectivity index is 1.79. The summed E-state index contributed by atoms with van der Waals surface area (Å²) in [5.41, 5.74) is 2.60. The van der Waals surface area contributed by atoms with Crippen LogP contribution in [0, 0.1) is 0 Å². The lowest BCUT2D eigenvalue weighted by atomic mass is 10.1. The highest BCUT2D eigenvalue weighted by atomic mass is 15.3. The normalized spacial score (nSPS) is 16.0. The smallest absolute Gasteiger partial charge is 0.172 e. The Bertz CT molecular complexity index is 903. The molecular weight excluding hydrogens is 328 g/mol. The summed E-state index contributed by atoms with van der Waals surface area (Å²) in [4.78, 5) is 20.8. The first-order valence-electron chi connectivity index (χ1n) is 8.90. The molecule has 26 heavy (non-hydrogen) atoms. The zero-order valence-corrected chi connectivity index (χ0v) is 15.5. The Hall–Kier alpha value is -2.74. The lowest BCUT2D eigenvalue weighted by Gasteiger charge is -2.26. The van der Waals surface area contributed by atoms with E-state index in [9.17, 15) is 0 Å². The van der Waals surface area contributed by atoms with Crippen LogP contribution in [0.2, 0.25) is 0 Å².